The van der Waals surface area contributed by atoms with Crippen LogP contribution < -0.4 is 15.4 Å². The van der Waals surface area contributed by atoms with Crippen molar-refractivity contribution in [1.29, 1.82) is 0 Å². The zero-order chi connectivity index (χ0) is 27.9. The Bertz CT molecular complexity index is 1400. The molecule has 0 aliphatic carbocycles. The maximum atomic E-state index is 12.0. The Labute approximate surface area is 225 Å². The number of benzene rings is 1. The minimum absolute atomic E-state index is 0.183. The summed E-state index contributed by atoms with van der Waals surface area (Å²) in [5.74, 6) is -0.956. The molecule has 39 heavy (non-hydrogen) atoms. The number of nitrogens with zero attached hydrogens (tertiary/aromatic N) is 7. The average Bonchev–Trinajstić information content (AvgIpc) is 3.48. The highest BCUT2D eigenvalue weighted by Crippen LogP contribution is 2.34. The fourth-order valence-electron chi connectivity index (χ4n) is 3.94. The summed E-state index contributed by atoms with van der Waals surface area (Å²) < 4.78 is 17.4. The molecule has 1 amide bonds. The smallest absolute Gasteiger partial charge is 0.333 e. The van der Waals surface area contributed by atoms with Gasteiger partial charge in [0.15, 0.2) is 35.9 Å². The van der Waals surface area contributed by atoms with Crippen LogP contribution in [0.3, 0.4) is 0 Å². The molecule has 1 aliphatic heterocycles. The topological polar surface area (TPSA) is 219 Å². The van der Waals surface area contributed by atoms with Gasteiger partial charge in [-0.1, -0.05) is 16.7 Å². The molecule has 17 heteroatoms. The monoisotopic (exact) mass is 561 g/mol. The Kier molecular flexibility index (Phi) is 8.96. The number of aliphatic carboxylic acids is 1. The van der Waals surface area contributed by atoms with Crippen LogP contribution in [0.1, 0.15) is 11.8 Å². The Morgan fingerprint density at radius 3 is 2.90 bits per heavy atom. The van der Waals surface area contributed by atoms with Crippen molar-refractivity contribution in [2.24, 2.45) is 5.11 Å². The first-order chi connectivity index (χ1) is 18.8. The van der Waals surface area contributed by atoms with Crippen molar-refractivity contribution in [3.05, 3.63) is 51.9 Å². The van der Waals surface area contributed by atoms with Crippen LogP contribution in [0, 0.1) is 0 Å². The normalized spacial score (nSPS) is 20.4. The molecule has 206 valence electrons. The number of imidazole rings is 1. The molecule has 0 radical (unpaired) electrons. The molecule has 4 unspecified atom stereocenters. The number of aromatic nitrogens is 4. The quantitative estimate of drug-likeness (QED) is 0.107. The third-order valence-electron chi connectivity index (χ3n) is 5.76. The van der Waals surface area contributed by atoms with E-state index >= 15 is 0 Å². The van der Waals surface area contributed by atoms with E-state index in [0.29, 0.717) is 40.8 Å². The van der Waals surface area contributed by atoms with Gasteiger partial charge in [-0.15, -0.1) is 0 Å². The lowest BCUT2D eigenvalue weighted by Gasteiger charge is -2.17. The Morgan fingerprint density at radius 1 is 1.33 bits per heavy atom. The van der Waals surface area contributed by atoms with Crippen molar-refractivity contribution in [2.45, 2.75) is 31.0 Å². The molecule has 4 N–H and O–H groups in total. The number of carboxylic acid groups (broad SMARTS) is 1. The highest BCUT2D eigenvalue weighted by Gasteiger charge is 2.48. The van der Waals surface area contributed by atoms with Crippen LogP contribution >= 0.6 is 11.6 Å². The van der Waals surface area contributed by atoms with Gasteiger partial charge in [0.2, 0.25) is 0 Å². The summed E-state index contributed by atoms with van der Waals surface area (Å²) in [6.07, 6.45) is -1.68. The van der Waals surface area contributed by atoms with Crippen LogP contribution in [0.25, 0.3) is 21.6 Å². The lowest BCUT2D eigenvalue weighted by atomic mass is 10.1. The standard InChI is InChI=1S/C22H24ClN9O7/c1-37-5-4-25-14(33)8-38-13-3-2-12(23)6-11(13)7-26-19-16-20(28-9-27-19)32(10-29-16)21-17(34)15(30-31-24)18(39-21)22(35)36/h2-3,6,9-10,15,17-18,21,34H,4-5,7-8H2,1H3,(H,25,33)(H,35,36)(H,26,27,28). The second-order valence-corrected chi connectivity index (χ2v) is 8.69. The maximum absolute atomic E-state index is 12.0. The zero-order valence-corrected chi connectivity index (χ0v) is 21.2. The zero-order valence-electron chi connectivity index (χ0n) is 20.5. The van der Waals surface area contributed by atoms with Crippen molar-refractivity contribution in [3.63, 3.8) is 0 Å². The van der Waals surface area contributed by atoms with E-state index in [4.69, 9.17) is 31.3 Å². The molecule has 0 bridgehead atoms. The van der Waals surface area contributed by atoms with Gasteiger partial charge in [-0.2, -0.15) is 0 Å². The average molecular weight is 562 g/mol. The molecule has 1 fully saturated rings. The molecule has 4 atom stereocenters. The van der Waals surface area contributed by atoms with Gasteiger partial charge in [0.1, 0.15) is 24.2 Å². The number of carbonyl (C=O) groups is 2. The minimum Gasteiger partial charge on any atom is -0.483 e. The molecule has 0 spiro atoms. The predicted molar refractivity (Wildman–Crippen MR) is 135 cm³/mol. The number of rotatable bonds is 12. The van der Waals surface area contributed by atoms with Crippen molar-refractivity contribution < 1.29 is 34.0 Å². The highest BCUT2D eigenvalue weighted by molar-refractivity contribution is 6.30. The number of anilines is 1. The van der Waals surface area contributed by atoms with E-state index in [0.717, 1.165) is 0 Å². The molecular formula is C22H24ClN9O7. The summed E-state index contributed by atoms with van der Waals surface area (Å²) in [5, 5.41) is 29.7. The largest absolute Gasteiger partial charge is 0.483 e. The first-order valence-corrected chi connectivity index (χ1v) is 11.9. The molecule has 1 aromatic carbocycles. The van der Waals surface area contributed by atoms with Crippen LogP contribution in [-0.2, 0) is 25.6 Å². The number of azide groups is 1. The number of carbonyl (C=O) groups excluding carboxylic acids is 1. The van der Waals surface area contributed by atoms with Crippen LogP contribution in [0.4, 0.5) is 5.82 Å². The summed E-state index contributed by atoms with van der Waals surface area (Å²) >= 11 is 6.17. The van der Waals surface area contributed by atoms with Gasteiger partial charge in [0.05, 0.1) is 12.9 Å². The van der Waals surface area contributed by atoms with E-state index in [1.807, 2.05) is 0 Å². The van der Waals surface area contributed by atoms with Gasteiger partial charge >= 0.3 is 5.97 Å². The molecule has 0 saturated carbocycles. The first kappa shape index (κ1) is 27.8. The number of fused-ring (bicyclic) bond motifs is 1. The van der Waals surface area contributed by atoms with Gasteiger partial charge in [0, 0.05) is 35.7 Å². The predicted octanol–water partition coefficient (Wildman–Crippen LogP) is 1.25. The Balaban J connectivity index is 1.51. The van der Waals surface area contributed by atoms with Gasteiger partial charge in [-0.3, -0.25) is 9.36 Å². The fourth-order valence-corrected chi connectivity index (χ4v) is 4.14. The van der Waals surface area contributed by atoms with E-state index in [9.17, 15) is 19.8 Å². The number of halogens is 1. The van der Waals surface area contributed by atoms with E-state index in [2.05, 4.69) is 35.6 Å². The molecule has 2 aromatic heterocycles. The highest BCUT2D eigenvalue weighted by atomic mass is 35.5. The van der Waals surface area contributed by atoms with E-state index in [-0.39, 0.29) is 24.7 Å². The van der Waals surface area contributed by atoms with Crippen LogP contribution in [0.5, 0.6) is 5.75 Å². The van der Waals surface area contributed by atoms with E-state index in [1.165, 1.54) is 24.3 Å². The number of hydrogen-bond donors (Lipinski definition) is 4. The Morgan fingerprint density at radius 2 is 2.15 bits per heavy atom. The van der Waals surface area contributed by atoms with Crippen LogP contribution in [0.15, 0.2) is 36.0 Å². The van der Waals surface area contributed by atoms with Crippen molar-refractivity contribution in [3.8, 4) is 5.75 Å². The number of carboxylic acids is 1. The van der Waals surface area contributed by atoms with Crippen molar-refractivity contribution >= 4 is 40.5 Å². The number of ether oxygens (including phenoxy) is 3. The summed E-state index contributed by atoms with van der Waals surface area (Å²) in [4.78, 5) is 38.9. The van der Waals surface area contributed by atoms with Crippen LogP contribution in [-0.4, -0.2) is 86.7 Å². The number of aliphatic hydroxyl groups excluding tert-OH is 1. The fraction of sp³-hybridized carbons (Fsp3) is 0.409. The summed E-state index contributed by atoms with van der Waals surface area (Å²) in [5.41, 5.74) is 9.94. The second kappa shape index (κ2) is 12.6. The van der Waals surface area contributed by atoms with Gasteiger partial charge in [-0.25, -0.2) is 19.7 Å². The third kappa shape index (κ3) is 6.27. The lowest BCUT2D eigenvalue weighted by Crippen LogP contribution is -2.34. The van der Waals surface area contributed by atoms with Crippen molar-refractivity contribution in [2.75, 3.05) is 32.2 Å². The number of nitrogens with one attached hydrogen (secondary N) is 2. The molecular weight excluding hydrogens is 538 g/mol. The molecule has 1 aliphatic rings. The maximum Gasteiger partial charge on any atom is 0.333 e. The molecule has 3 heterocycles. The van der Waals surface area contributed by atoms with Gasteiger partial charge in [0.25, 0.3) is 5.91 Å². The Hall–Kier alpha value is -4.21. The number of methoxy groups -OCH3 is 1. The first-order valence-electron chi connectivity index (χ1n) is 11.5. The summed E-state index contributed by atoms with van der Waals surface area (Å²) in [6, 6.07) is 3.60. The second-order valence-electron chi connectivity index (χ2n) is 8.25. The van der Waals surface area contributed by atoms with E-state index in [1.54, 1.807) is 18.2 Å². The van der Waals surface area contributed by atoms with E-state index < -0.39 is 30.4 Å². The molecule has 1 saturated heterocycles. The summed E-state index contributed by atoms with van der Waals surface area (Å²) in [6.45, 7) is 0.711. The molecule has 16 nitrogen and oxygen atoms in total. The number of hydrogen-bond acceptors (Lipinski definition) is 11. The lowest BCUT2D eigenvalue weighted by molar-refractivity contribution is -0.152. The number of amides is 1. The van der Waals surface area contributed by atoms with Gasteiger partial charge < -0.3 is 35.1 Å². The minimum atomic E-state index is -1.55. The number of aliphatic hydroxyl groups is 1. The van der Waals surface area contributed by atoms with Crippen LogP contribution in [0.2, 0.25) is 5.02 Å². The molecule has 4 rings (SSSR count). The van der Waals surface area contributed by atoms with Crippen molar-refractivity contribution in [1.82, 2.24) is 24.8 Å². The van der Waals surface area contributed by atoms with Gasteiger partial charge in [-0.05, 0) is 23.7 Å². The third-order valence-corrected chi connectivity index (χ3v) is 5.99. The summed E-state index contributed by atoms with van der Waals surface area (Å²) in [7, 11) is 1.54. The SMILES string of the molecule is COCCNC(=O)COc1ccc(Cl)cc1CNc1ncnc2c1ncn2C1OC(C(=O)O)C(N=[N+]=[N-])C1O. The molecule has 3 aromatic rings.